The Morgan fingerprint density at radius 3 is 2.33 bits per heavy atom. The van der Waals surface area contributed by atoms with E-state index in [-0.39, 0.29) is 29.2 Å². The smallest absolute Gasteiger partial charge is 0.418 e. The van der Waals surface area contributed by atoms with Gasteiger partial charge in [0, 0.05) is 36.6 Å². The summed E-state index contributed by atoms with van der Waals surface area (Å²) >= 11 is 0. The molecule has 1 fully saturated rings. The molecule has 1 saturated carbocycles. The fraction of sp³-hybridized carbons (Fsp3) is 0.300. The highest BCUT2D eigenvalue weighted by Gasteiger charge is 2.36. The van der Waals surface area contributed by atoms with E-state index in [1.807, 2.05) is 12.1 Å². The Hall–Kier alpha value is -4.61. The van der Waals surface area contributed by atoms with Gasteiger partial charge in [0.25, 0.3) is 5.91 Å². The second-order valence-corrected chi connectivity index (χ2v) is 10.3. The number of hydrogen-bond donors (Lipinski definition) is 2. The summed E-state index contributed by atoms with van der Waals surface area (Å²) in [6.45, 7) is 0.107. The number of aromatic nitrogens is 3. The van der Waals surface area contributed by atoms with Crippen LogP contribution >= 0.6 is 0 Å². The summed E-state index contributed by atoms with van der Waals surface area (Å²) in [7, 11) is 4.75. The van der Waals surface area contributed by atoms with Gasteiger partial charge in [0.2, 0.25) is 5.62 Å². The Balaban J connectivity index is 1.58. The Labute approximate surface area is 239 Å². The van der Waals surface area contributed by atoms with Crippen LogP contribution < -0.4 is 20.4 Å². The summed E-state index contributed by atoms with van der Waals surface area (Å²) in [5.41, 5.74) is -0.254. The van der Waals surface area contributed by atoms with E-state index in [9.17, 15) is 22.4 Å². The molecule has 2 N–H and O–H groups in total. The molecule has 0 spiro atoms. The Kier molecular flexibility index (Phi) is 7.81. The van der Waals surface area contributed by atoms with Crippen LogP contribution in [0, 0.1) is 17.1 Å². The Morgan fingerprint density at radius 2 is 1.76 bits per heavy atom. The second kappa shape index (κ2) is 11.3. The summed E-state index contributed by atoms with van der Waals surface area (Å²) in [4.78, 5) is 17.5. The van der Waals surface area contributed by atoms with E-state index in [4.69, 9.17) is 14.9 Å². The molecule has 2 aromatic carbocycles. The molecule has 1 amide bonds. The molecule has 1 aliphatic carbocycles. The molecule has 220 valence electrons. The number of ether oxygens (including phenoxy) is 2. The quantitative estimate of drug-likeness (QED) is 0.256. The highest BCUT2D eigenvalue weighted by atomic mass is 19.4. The third-order valence-electron chi connectivity index (χ3n) is 7.23. The van der Waals surface area contributed by atoms with Gasteiger partial charge < -0.3 is 23.9 Å². The topological polar surface area (TPSA) is 94.2 Å². The summed E-state index contributed by atoms with van der Waals surface area (Å²) in [6, 6.07) is 9.71. The van der Waals surface area contributed by atoms with Gasteiger partial charge in [-0.15, -0.1) is 0 Å². The number of alkyl halides is 3. The van der Waals surface area contributed by atoms with Gasteiger partial charge >= 0.3 is 6.18 Å². The number of amides is 1. The molecule has 0 bridgehead atoms. The number of halogens is 4. The first-order valence-corrected chi connectivity index (χ1v) is 13.1. The first kappa shape index (κ1) is 28.9. The Bertz CT molecular complexity index is 1670. The molecule has 42 heavy (non-hydrogen) atoms. The number of nitrogens with zero attached hydrogens (tertiary/aromatic N) is 3. The number of carbonyl (C=O) groups excluding carboxylic acids is 1. The molecule has 0 saturated heterocycles. The molecule has 2 heterocycles. The molecule has 1 aliphatic rings. The summed E-state index contributed by atoms with van der Waals surface area (Å²) < 4.78 is 69.5. The maximum atomic E-state index is 13.9. The van der Waals surface area contributed by atoms with E-state index in [0.29, 0.717) is 29.3 Å². The molecule has 1 unspecified atom stereocenters. The van der Waals surface area contributed by atoms with Crippen molar-refractivity contribution in [2.75, 3.05) is 14.2 Å². The van der Waals surface area contributed by atoms with Crippen LogP contribution in [0.25, 0.3) is 11.3 Å². The average Bonchev–Trinajstić information content (AvgIpc) is 3.76. The minimum absolute atomic E-state index is 0.000872. The molecular weight excluding hydrogens is 554 g/mol. The zero-order valence-corrected chi connectivity index (χ0v) is 23.1. The van der Waals surface area contributed by atoms with Crippen molar-refractivity contribution in [1.29, 1.82) is 5.41 Å². The van der Waals surface area contributed by atoms with Crippen LogP contribution in [-0.2, 0) is 19.8 Å². The number of carbonyl (C=O) groups is 1. The zero-order chi connectivity index (χ0) is 30.2. The molecule has 0 radical (unpaired) electrons. The number of pyridine rings is 1. The monoisotopic (exact) mass is 583 g/mol. The molecule has 12 heteroatoms. The normalized spacial score (nSPS) is 14.0. The second-order valence-electron chi connectivity index (χ2n) is 10.3. The average molecular weight is 584 g/mol. The van der Waals surface area contributed by atoms with Gasteiger partial charge in [-0.25, -0.2) is 4.39 Å². The third-order valence-corrected chi connectivity index (χ3v) is 7.23. The van der Waals surface area contributed by atoms with E-state index in [2.05, 4.69) is 10.3 Å². The van der Waals surface area contributed by atoms with Crippen molar-refractivity contribution >= 4 is 5.91 Å². The number of nitrogens with one attached hydrogen (secondary N) is 2. The first-order valence-electron chi connectivity index (χ1n) is 13.1. The zero-order valence-electron chi connectivity index (χ0n) is 23.1. The van der Waals surface area contributed by atoms with E-state index in [1.54, 1.807) is 40.7 Å². The van der Waals surface area contributed by atoms with Crippen molar-refractivity contribution in [3.05, 3.63) is 94.7 Å². The fourth-order valence-electron chi connectivity index (χ4n) is 4.92. The molecule has 1 atom stereocenters. The van der Waals surface area contributed by atoms with Gasteiger partial charge in [0.05, 0.1) is 44.3 Å². The minimum atomic E-state index is -4.88. The molecule has 0 aliphatic heterocycles. The fourth-order valence-corrected chi connectivity index (χ4v) is 4.92. The van der Waals surface area contributed by atoms with Gasteiger partial charge in [0.15, 0.2) is 0 Å². The van der Waals surface area contributed by atoms with Gasteiger partial charge in [-0.05, 0) is 66.3 Å². The van der Waals surface area contributed by atoms with Gasteiger partial charge in [-0.2, -0.15) is 13.2 Å². The molecule has 5 rings (SSSR count). The highest BCUT2D eigenvalue weighted by molar-refractivity contribution is 5.96. The van der Waals surface area contributed by atoms with Crippen LogP contribution in [0.4, 0.5) is 17.6 Å². The summed E-state index contributed by atoms with van der Waals surface area (Å²) in [6.07, 6.45) is 0.942. The van der Waals surface area contributed by atoms with E-state index < -0.39 is 35.2 Å². The van der Waals surface area contributed by atoms with Crippen molar-refractivity contribution in [2.24, 2.45) is 13.0 Å². The van der Waals surface area contributed by atoms with Crippen molar-refractivity contribution in [1.82, 2.24) is 19.4 Å². The van der Waals surface area contributed by atoms with Crippen LogP contribution in [0.5, 0.6) is 11.5 Å². The number of hydrogen-bond acceptors (Lipinski definition) is 5. The van der Waals surface area contributed by atoms with Crippen LogP contribution in [-0.4, -0.2) is 34.2 Å². The van der Waals surface area contributed by atoms with Crippen molar-refractivity contribution < 1.29 is 31.8 Å². The third kappa shape index (κ3) is 6.17. The largest absolute Gasteiger partial charge is 0.497 e. The molecule has 4 aromatic rings. The van der Waals surface area contributed by atoms with Crippen molar-refractivity contribution in [2.45, 2.75) is 31.6 Å². The predicted octanol–water partition coefficient (Wildman–Crippen LogP) is 5.47. The minimum Gasteiger partial charge on any atom is -0.497 e. The number of benzene rings is 2. The number of aryl methyl sites for hydroxylation is 1. The lowest BCUT2D eigenvalue weighted by molar-refractivity contribution is -0.137. The van der Waals surface area contributed by atoms with E-state index in [1.165, 1.54) is 26.4 Å². The molecule has 2 aromatic heterocycles. The van der Waals surface area contributed by atoms with Gasteiger partial charge in [-0.3, -0.25) is 15.2 Å². The van der Waals surface area contributed by atoms with Crippen LogP contribution in [0.3, 0.4) is 0 Å². The van der Waals surface area contributed by atoms with E-state index in [0.717, 1.165) is 18.4 Å². The van der Waals surface area contributed by atoms with Crippen LogP contribution in [0.2, 0.25) is 0 Å². The number of methoxy groups -OCH3 is 2. The van der Waals surface area contributed by atoms with E-state index >= 15 is 0 Å². The van der Waals surface area contributed by atoms with Crippen molar-refractivity contribution in [3.8, 4) is 22.8 Å². The summed E-state index contributed by atoms with van der Waals surface area (Å²) in [5, 5.41) is 11.3. The number of imidazole rings is 1. The van der Waals surface area contributed by atoms with Gasteiger partial charge in [0.1, 0.15) is 17.3 Å². The molecular formula is C30H29F4N5O3. The standard InChI is InChI=1S/C30H29F4N5O3/c1-38-6-7-39(29(38)35)16-17-8-19(27-25(30(32,33)34)13-22(31)15-36-27)10-21(9-17)28(40)37-26(18-4-5-18)20-11-23(41-2)14-24(12-20)42-3/h6-15,18,26,35H,4-5,16H2,1-3H3,(H,37,40). The van der Waals surface area contributed by atoms with Crippen molar-refractivity contribution in [3.63, 3.8) is 0 Å². The number of rotatable bonds is 9. The van der Waals surface area contributed by atoms with Crippen LogP contribution in [0.1, 0.15) is 45.9 Å². The van der Waals surface area contributed by atoms with Crippen LogP contribution in [0.15, 0.2) is 61.1 Å². The lowest BCUT2D eigenvalue weighted by Gasteiger charge is -2.21. The lowest BCUT2D eigenvalue weighted by atomic mass is 9.97. The molecule has 8 nitrogen and oxygen atoms in total. The predicted molar refractivity (Wildman–Crippen MR) is 145 cm³/mol. The maximum absolute atomic E-state index is 13.9. The summed E-state index contributed by atoms with van der Waals surface area (Å²) in [5.74, 6) is -0.352. The Morgan fingerprint density at radius 1 is 1.07 bits per heavy atom. The SMILES string of the molecule is COc1cc(OC)cc(C(NC(=O)c2cc(Cn3ccn(C)c3=N)cc(-c3ncc(F)cc3C(F)(F)F)c2)C2CC2)c1. The first-order chi connectivity index (χ1) is 20.0. The van der Waals surface area contributed by atoms with Gasteiger partial charge in [-0.1, -0.05) is 0 Å². The lowest BCUT2D eigenvalue weighted by Crippen LogP contribution is -2.30. The maximum Gasteiger partial charge on any atom is 0.418 e. The highest BCUT2D eigenvalue weighted by Crippen LogP contribution is 2.43.